The van der Waals surface area contributed by atoms with E-state index in [0.717, 1.165) is 19.4 Å². The quantitative estimate of drug-likeness (QED) is 0.371. The standard InChI is InChI=1S/C23H23ClF6N4O2/c1-14(35)19-18(23(28,29)30)12-34(31-19)20(36)33-8-5-21(6-9-33)4-7-32(13-21)11-15-10-16(24)2-3-17(15)22(25,26)27/h2-3,10,12H,4-9,11,13H2,1H3. The molecule has 36 heavy (non-hydrogen) atoms. The van der Waals surface area contributed by atoms with Crippen molar-refractivity contribution in [2.24, 2.45) is 5.41 Å². The Bertz CT molecular complexity index is 1170. The van der Waals surface area contributed by atoms with Crippen LogP contribution in [0.15, 0.2) is 24.4 Å². The highest BCUT2D eigenvalue weighted by Crippen LogP contribution is 2.42. The summed E-state index contributed by atoms with van der Waals surface area (Å²) in [6, 6.07) is 2.75. The molecule has 1 aromatic heterocycles. The molecule has 2 fully saturated rings. The van der Waals surface area contributed by atoms with Gasteiger partial charge in [-0.25, -0.2) is 4.79 Å². The molecule has 1 aromatic carbocycles. The minimum Gasteiger partial charge on any atom is -0.323 e. The predicted octanol–water partition coefficient (Wildman–Crippen LogP) is 5.73. The number of hydrogen-bond donors (Lipinski definition) is 0. The van der Waals surface area contributed by atoms with Gasteiger partial charge in [0.05, 0.1) is 5.56 Å². The molecule has 0 N–H and O–H groups in total. The third-order valence-corrected chi connectivity index (χ3v) is 7.16. The van der Waals surface area contributed by atoms with Gasteiger partial charge in [0.2, 0.25) is 0 Å². The van der Waals surface area contributed by atoms with Gasteiger partial charge in [0.15, 0.2) is 5.78 Å². The molecule has 2 aliphatic rings. The van der Waals surface area contributed by atoms with Gasteiger partial charge in [-0.2, -0.15) is 36.1 Å². The first-order valence-corrected chi connectivity index (χ1v) is 11.6. The second-order valence-electron chi connectivity index (χ2n) is 9.42. The molecule has 3 heterocycles. The monoisotopic (exact) mass is 536 g/mol. The number of halogens is 7. The number of rotatable bonds is 3. The number of likely N-dealkylation sites (tertiary alicyclic amines) is 2. The fourth-order valence-electron chi connectivity index (χ4n) is 5.04. The molecule has 0 bridgehead atoms. The van der Waals surface area contributed by atoms with E-state index in [1.165, 1.54) is 17.0 Å². The Balaban J connectivity index is 1.41. The Labute approximate surface area is 207 Å². The number of ketones is 1. The van der Waals surface area contributed by atoms with Gasteiger partial charge in [-0.3, -0.25) is 9.69 Å². The lowest BCUT2D eigenvalue weighted by molar-refractivity contribution is -0.139. The van der Waals surface area contributed by atoms with Gasteiger partial charge in [0, 0.05) is 44.3 Å². The minimum absolute atomic E-state index is 0.0845. The molecule has 2 aliphatic heterocycles. The van der Waals surface area contributed by atoms with E-state index in [1.54, 1.807) is 0 Å². The van der Waals surface area contributed by atoms with Gasteiger partial charge < -0.3 is 4.90 Å². The smallest absolute Gasteiger partial charge is 0.323 e. The summed E-state index contributed by atoms with van der Waals surface area (Å²) >= 11 is 5.93. The highest BCUT2D eigenvalue weighted by molar-refractivity contribution is 6.30. The van der Waals surface area contributed by atoms with Crippen molar-refractivity contribution < 1.29 is 35.9 Å². The van der Waals surface area contributed by atoms with Crippen molar-refractivity contribution in [3.63, 3.8) is 0 Å². The third kappa shape index (κ3) is 5.39. The minimum atomic E-state index is -4.83. The number of hydrogen-bond acceptors (Lipinski definition) is 4. The van der Waals surface area contributed by atoms with E-state index in [4.69, 9.17) is 11.6 Å². The average molecular weight is 537 g/mol. The molecule has 0 unspecified atom stereocenters. The van der Waals surface area contributed by atoms with Crippen molar-refractivity contribution in [1.82, 2.24) is 19.6 Å². The summed E-state index contributed by atoms with van der Waals surface area (Å²) in [6.07, 6.45) is -6.97. The normalized spacial score (nSPS) is 18.7. The fraction of sp³-hybridized carbons (Fsp3) is 0.522. The lowest BCUT2D eigenvalue weighted by atomic mass is 9.78. The van der Waals surface area contributed by atoms with Gasteiger partial charge in [-0.15, -0.1) is 0 Å². The summed E-state index contributed by atoms with van der Waals surface area (Å²) in [5, 5.41) is 3.80. The van der Waals surface area contributed by atoms with E-state index in [-0.39, 0.29) is 35.6 Å². The van der Waals surface area contributed by atoms with E-state index >= 15 is 0 Å². The summed E-state index contributed by atoms with van der Waals surface area (Å²) in [4.78, 5) is 27.7. The maximum Gasteiger partial charge on any atom is 0.420 e. The number of alkyl halides is 6. The molecule has 0 atom stereocenters. The van der Waals surface area contributed by atoms with Crippen molar-refractivity contribution in [3.05, 3.63) is 51.8 Å². The zero-order chi connectivity index (χ0) is 26.5. The number of aromatic nitrogens is 2. The molecule has 1 spiro atoms. The number of carbonyl (C=O) groups excluding carboxylic acids is 2. The molecule has 2 saturated heterocycles. The van der Waals surface area contributed by atoms with E-state index in [2.05, 4.69) is 5.10 Å². The summed E-state index contributed by atoms with van der Waals surface area (Å²) in [5.41, 5.74) is -2.91. The van der Waals surface area contributed by atoms with Crippen LogP contribution in [0.25, 0.3) is 0 Å². The maximum atomic E-state index is 13.4. The first-order valence-electron chi connectivity index (χ1n) is 11.2. The first kappa shape index (κ1) is 26.5. The first-order chi connectivity index (χ1) is 16.7. The van der Waals surface area contributed by atoms with Crippen LogP contribution in [0.1, 0.15) is 53.4 Å². The van der Waals surface area contributed by atoms with Crippen LogP contribution in [0.3, 0.4) is 0 Å². The van der Waals surface area contributed by atoms with Gasteiger partial charge in [-0.1, -0.05) is 11.6 Å². The van der Waals surface area contributed by atoms with Crippen LogP contribution in [-0.2, 0) is 18.9 Å². The summed E-state index contributed by atoms with van der Waals surface area (Å²) < 4.78 is 80.5. The van der Waals surface area contributed by atoms with E-state index in [9.17, 15) is 35.9 Å². The molecule has 1 amide bonds. The molecule has 196 valence electrons. The van der Waals surface area contributed by atoms with Crippen molar-refractivity contribution in [2.45, 2.75) is 45.1 Å². The molecule has 13 heteroatoms. The maximum absolute atomic E-state index is 13.4. The van der Waals surface area contributed by atoms with Crippen molar-refractivity contribution in [1.29, 1.82) is 0 Å². The molecule has 0 saturated carbocycles. The van der Waals surface area contributed by atoms with E-state index in [1.807, 2.05) is 4.90 Å². The highest BCUT2D eigenvalue weighted by atomic mass is 35.5. The number of carbonyl (C=O) groups is 2. The van der Waals surface area contributed by atoms with Crippen LogP contribution in [0.2, 0.25) is 5.02 Å². The van der Waals surface area contributed by atoms with Crippen LogP contribution < -0.4 is 0 Å². The Morgan fingerprint density at radius 2 is 1.61 bits per heavy atom. The number of piperidine rings is 1. The second kappa shape index (κ2) is 9.37. The van der Waals surface area contributed by atoms with Crippen LogP contribution in [0.4, 0.5) is 31.1 Å². The van der Waals surface area contributed by atoms with Crippen LogP contribution in [0, 0.1) is 5.41 Å². The number of benzene rings is 1. The SMILES string of the molecule is CC(=O)c1nn(C(=O)N2CCC3(CCN(Cc4cc(Cl)ccc4C(F)(F)F)C3)CC2)cc1C(F)(F)F. The van der Waals surface area contributed by atoms with E-state index < -0.39 is 41.0 Å². The van der Waals surface area contributed by atoms with Gasteiger partial charge >= 0.3 is 18.4 Å². The fourth-order valence-corrected chi connectivity index (χ4v) is 5.23. The number of Topliss-reactive ketones (excluding diaryl/α,β-unsaturated/α-hetero) is 1. The summed E-state index contributed by atoms with van der Waals surface area (Å²) in [5.74, 6) is -0.897. The van der Waals surface area contributed by atoms with Gasteiger partial charge in [0.1, 0.15) is 11.3 Å². The predicted molar refractivity (Wildman–Crippen MR) is 118 cm³/mol. The highest BCUT2D eigenvalue weighted by Gasteiger charge is 2.43. The molecule has 2 aromatic rings. The van der Waals surface area contributed by atoms with Crippen molar-refractivity contribution in [3.8, 4) is 0 Å². The Kier molecular flexibility index (Phi) is 6.89. The zero-order valence-electron chi connectivity index (χ0n) is 19.2. The Morgan fingerprint density at radius 1 is 1.00 bits per heavy atom. The zero-order valence-corrected chi connectivity index (χ0v) is 20.0. The second-order valence-corrected chi connectivity index (χ2v) is 9.86. The van der Waals surface area contributed by atoms with Gasteiger partial charge in [-0.05, 0) is 55.0 Å². The lowest BCUT2D eigenvalue weighted by Crippen LogP contribution is -2.45. The van der Waals surface area contributed by atoms with E-state index in [0.29, 0.717) is 36.8 Å². The Hall–Kier alpha value is -2.60. The summed E-state index contributed by atoms with van der Waals surface area (Å²) in [7, 11) is 0. The molecule has 0 radical (unpaired) electrons. The van der Waals surface area contributed by atoms with Crippen molar-refractivity contribution in [2.75, 3.05) is 26.2 Å². The lowest BCUT2D eigenvalue weighted by Gasteiger charge is -2.39. The van der Waals surface area contributed by atoms with Gasteiger partial charge in [0.25, 0.3) is 0 Å². The largest absolute Gasteiger partial charge is 0.420 e. The van der Waals surface area contributed by atoms with Crippen molar-refractivity contribution >= 4 is 23.4 Å². The molecule has 4 rings (SSSR count). The Morgan fingerprint density at radius 3 is 2.17 bits per heavy atom. The topological polar surface area (TPSA) is 58.4 Å². The third-order valence-electron chi connectivity index (χ3n) is 6.93. The molecular formula is C23H23ClF6N4O2. The number of nitrogens with zero attached hydrogens (tertiary/aromatic N) is 4. The number of amides is 1. The summed E-state index contributed by atoms with van der Waals surface area (Å²) in [6.45, 7) is 2.66. The average Bonchev–Trinajstić information content (AvgIpc) is 3.38. The van der Waals surface area contributed by atoms with Crippen LogP contribution in [0.5, 0.6) is 0 Å². The molecule has 0 aliphatic carbocycles. The van der Waals surface area contributed by atoms with Crippen LogP contribution in [-0.4, -0.2) is 57.6 Å². The van der Waals surface area contributed by atoms with Crippen LogP contribution >= 0.6 is 11.6 Å². The molecule has 6 nitrogen and oxygen atoms in total. The molecular weight excluding hydrogens is 514 g/mol.